The fourth-order valence-electron chi connectivity index (χ4n) is 2.75. The summed E-state index contributed by atoms with van der Waals surface area (Å²) in [6.07, 6.45) is -5.02. The van der Waals surface area contributed by atoms with Crippen LogP contribution in [-0.2, 0) is 21.7 Å². The third kappa shape index (κ3) is 6.65. The molecule has 0 aliphatic rings. The zero-order valence-corrected chi connectivity index (χ0v) is 19.5. The van der Waals surface area contributed by atoms with Crippen molar-refractivity contribution in [2.45, 2.75) is 37.8 Å². The highest BCUT2D eigenvalue weighted by atomic mass is 35.5. The zero-order chi connectivity index (χ0) is 24.1. The molecular formula is C21H22Cl3F3N2O3. The van der Waals surface area contributed by atoms with Gasteiger partial charge in [-0.1, -0.05) is 46.9 Å². The van der Waals surface area contributed by atoms with E-state index in [2.05, 4.69) is 10.6 Å². The van der Waals surface area contributed by atoms with Crippen molar-refractivity contribution < 1.29 is 27.8 Å². The molecular weight excluding hydrogens is 492 g/mol. The molecule has 2 aromatic rings. The van der Waals surface area contributed by atoms with Crippen molar-refractivity contribution in [2.24, 2.45) is 0 Å². The second-order valence-corrected chi connectivity index (χ2v) is 8.38. The maximum absolute atomic E-state index is 13.8. The van der Waals surface area contributed by atoms with Crippen molar-refractivity contribution in [1.82, 2.24) is 5.32 Å². The van der Waals surface area contributed by atoms with Crippen LogP contribution >= 0.6 is 34.8 Å². The number of hydrogen-bond acceptors (Lipinski definition) is 4. The summed E-state index contributed by atoms with van der Waals surface area (Å²) < 4.78 is 46.3. The predicted octanol–water partition coefficient (Wildman–Crippen LogP) is 5.55. The van der Waals surface area contributed by atoms with Crippen LogP contribution in [0.2, 0.25) is 15.1 Å². The van der Waals surface area contributed by atoms with Gasteiger partial charge in [0.1, 0.15) is 0 Å². The van der Waals surface area contributed by atoms with E-state index in [1.165, 1.54) is 19.2 Å². The fraction of sp³-hybridized carbons (Fsp3) is 0.381. The number of rotatable bonds is 9. The zero-order valence-electron chi connectivity index (χ0n) is 17.2. The smallest absolute Gasteiger partial charge is 0.381 e. The number of alkyl halides is 3. The fourth-order valence-corrected chi connectivity index (χ4v) is 3.34. The highest BCUT2D eigenvalue weighted by Gasteiger charge is 2.55. The van der Waals surface area contributed by atoms with E-state index in [-0.39, 0.29) is 40.0 Å². The molecule has 0 spiro atoms. The molecule has 3 N–H and O–H groups in total. The van der Waals surface area contributed by atoms with E-state index in [0.717, 1.165) is 17.7 Å². The van der Waals surface area contributed by atoms with Crippen molar-refractivity contribution in [2.75, 3.05) is 19.0 Å². The average molecular weight is 514 g/mol. The quantitative estimate of drug-likeness (QED) is 0.385. The van der Waals surface area contributed by atoms with Gasteiger partial charge in [0.15, 0.2) is 0 Å². The maximum Gasteiger partial charge on any atom is 0.423 e. The van der Waals surface area contributed by atoms with E-state index in [1.54, 1.807) is 19.1 Å². The standard InChI is InChI=1S/C21H22Cl3F3N2O3/c1-12(32-2)7-18(30)28-10-13-3-5-15(6-4-13)29-11-20(31,21(25,26)27)14-8-16(22)19(24)17(23)9-14/h3-6,8-9,12,29,31H,7,10-11H2,1-2H3,(H,28,30)/t12-,20-/m0/s1. The Bertz CT molecular complexity index is 919. The Morgan fingerprint density at radius 3 is 2.19 bits per heavy atom. The van der Waals surface area contributed by atoms with Crippen molar-refractivity contribution in [3.05, 3.63) is 62.6 Å². The largest absolute Gasteiger partial charge is 0.423 e. The minimum Gasteiger partial charge on any atom is -0.381 e. The molecule has 2 rings (SSSR count). The molecule has 0 heterocycles. The number of carbonyl (C=O) groups is 1. The van der Waals surface area contributed by atoms with Crippen molar-refractivity contribution in [3.63, 3.8) is 0 Å². The van der Waals surface area contributed by atoms with Crippen molar-refractivity contribution in [3.8, 4) is 0 Å². The van der Waals surface area contributed by atoms with Gasteiger partial charge in [-0.25, -0.2) is 0 Å². The van der Waals surface area contributed by atoms with E-state index >= 15 is 0 Å². The first kappa shape index (κ1) is 26.5. The third-order valence-corrected chi connectivity index (χ3v) is 5.99. The Balaban J connectivity index is 2.08. The van der Waals surface area contributed by atoms with Crippen LogP contribution in [0.3, 0.4) is 0 Å². The van der Waals surface area contributed by atoms with Gasteiger partial charge in [-0.3, -0.25) is 4.79 Å². The normalized spacial score (nSPS) is 14.5. The van der Waals surface area contributed by atoms with Crippen LogP contribution in [0.5, 0.6) is 0 Å². The topological polar surface area (TPSA) is 70.6 Å². The molecule has 0 bridgehead atoms. The van der Waals surface area contributed by atoms with Gasteiger partial charge >= 0.3 is 6.18 Å². The first-order chi connectivity index (χ1) is 14.9. The molecule has 0 fully saturated rings. The molecule has 0 aliphatic heterocycles. The highest BCUT2D eigenvalue weighted by molar-refractivity contribution is 6.48. The molecule has 0 aromatic heterocycles. The van der Waals surface area contributed by atoms with E-state index < -0.39 is 23.9 Å². The number of methoxy groups -OCH3 is 1. The molecule has 11 heteroatoms. The lowest BCUT2D eigenvalue weighted by atomic mass is 9.92. The predicted molar refractivity (Wildman–Crippen MR) is 119 cm³/mol. The van der Waals surface area contributed by atoms with Gasteiger partial charge in [0.25, 0.3) is 0 Å². The lowest BCUT2D eigenvalue weighted by molar-refractivity contribution is -0.260. The molecule has 32 heavy (non-hydrogen) atoms. The summed E-state index contributed by atoms with van der Waals surface area (Å²) in [5.74, 6) is -0.183. The van der Waals surface area contributed by atoms with Crippen LogP contribution in [0.25, 0.3) is 0 Å². The highest BCUT2D eigenvalue weighted by Crippen LogP contribution is 2.43. The van der Waals surface area contributed by atoms with Gasteiger partial charge in [0.2, 0.25) is 11.5 Å². The van der Waals surface area contributed by atoms with Gasteiger partial charge in [-0.2, -0.15) is 13.2 Å². The monoisotopic (exact) mass is 512 g/mol. The summed E-state index contributed by atoms with van der Waals surface area (Å²) in [7, 11) is 1.51. The van der Waals surface area contributed by atoms with Crippen LogP contribution in [0.15, 0.2) is 36.4 Å². The Morgan fingerprint density at radius 2 is 1.69 bits per heavy atom. The van der Waals surface area contributed by atoms with Crippen LogP contribution in [0.1, 0.15) is 24.5 Å². The number of aliphatic hydroxyl groups is 1. The van der Waals surface area contributed by atoms with Gasteiger partial charge in [0.05, 0.1) is 34.1 Å². The van der Waals surface area contributed by atoms with Gasteiger partial charge in [-0.15, -0.1) is 0 Å². The molecule has 0 radical (unpaired) electrons. The molecule has 176 valence electrons. The molecule has 0 aliphatic carbocycles. The first-order valence-corrected chi connectivity index (χ1v) is 10.6. The number of carbonyl (C=O) groups excluding carboxylic acids is 1. The van der Waals surface area contributed by atoms with E-state index in [9.17, 15) is 23.1 Å². The Labute approximate surface area is 198 Å². The minimum atomic E-state index is -5.02. The summed E-state index contributed by atoms with van der Waals surface area (Å²) in [6, 6.07) is 8.23. The Hall–Kier alpha value is -1.71. The van der Waals surface area contributed by atoms with Gasteiger partial charge in [-0.05, 0) is 42.3 Å². The second-order valence-electron chi connectivity index (χ2n) is 7.19. The van der Waals surface area contributed by atoms with Gasteiger partial charge < -0.3 is 20.5 Å². The summed E-state index contributed by atoms with van der Waals surface area (Å²) >= 11 is 17.5. The number of anilines is 1. The number of benzene rings is 2. The average Bonchev–Trinajstić information content (AvgIpc) is 2.73. The molecule has 0 saturated heterocycles. The van der Waals surface area contributed by atoms with Crippen molar-refractivity contribution in [1.29, 1.82) is 0 Å². The number of halogens is 6. The van der Waals surface area contributed by atoms with E-state index in [4.69, 9.17) is 39.5 Å². The third-order valence-electron chi connectivity index (χ3n) is 4.80. The van der Waals surface area contributed by atoms with Gasteiger partial charge in [0, 0.05) is 19.3 Å². The van der Waals surface area contributed by atoms with Crippen LogP contribution in [0, 0.1) is 0 Å². The van der Waals surface area contributed by atoms with E-state index in [0.29, 0.717) is 5.69 Å². The molecule has 5 nitrogen and oxygen atoms in total. The Morgan fingerprint density at radius 1 is 1.12 bits per heavy atom. The summed E-state index contributed by atoms with van der Waals surface area (Å²) in [5, 5.41) is 15.3. The number of nitrogens with one attached hydrogen (secondary N) is 2. The number of ether oxygens (including phenoxy) is 1. The number of hydrogen-bond donors (Lipinski definition) is 3. The SMILES string of the molecule is CO[C@@H](C)CC(=O)NCc1ccc(NC[C@](O)(c2cc(Cl)c(Cl)c(Cl)c2)C(F)(F)F)cc1. The van der Waals surface area contributed by atoms with Crippen LogP contribution < -0.4 is 10.6 Å². The molecule has 1 amide bonds. The first-order valence-electron chi connectivity index (χ1n) is 9.44. The second kappa shape index (κ2) is 10.9. The molecule has 2 aromatic carbocycles. The van der Waals surface area contributed by atoms with E-state index in [1.807, 2.05) is 0 Å². The lowest BCUT2D eigenvalue weighted by Crippen LogP contribution is -2.47. The van der Waals surface area contributed by atoms with Crippen molar-refractivity contribution >= 4 is 46.4 Å². The van der Waals surface area contributed by atoms with Crippen LogP contribution in [0.4, 0.5) is 18.9 Å². The number of amides is 1. The molecule has 0 unspecified atom stereocenters. The maximum atomic E-state index is 13.8. The molecule has 0 saturated carbocycles. The minimum absolute atomic E-state index is 0.103. The Kier molecular flexibility index (Phi) is 9.07. The lowest BCUT2D eigenvalue weighted by Gasteiger charge is -2.32. The summed E-state index contributed by atoms with van der Waals surface area (Å²) in [5.41, 5.74) is -2.73. The molecule has 2 atom stereocenters. The summed E-state index contributed by atoms with van der Waals surface area (Å²) in [4.78, 5) is 11.8. The van der Waals surface area contributed by atoms with Crippen LogP contribution in [-0.4, -0.2) is 36.9 Å². The summed E-state index contributed by atoms with van der Waals surface area (Å²) in [6.45, 7) is 1.13.